The van der Waals surface area contributed by atoms with Gasteiger partial charge in [-0.1, -0.05) is 24.8 Å². The number of ether oxygens (including phenoxy) is 1. The monoisotopic (exact) mass is 421 g/mol. The molecule has 1 aliphatic carbocycles. The third-order valence-electron chi connectivity index (χ3n) is 4.85. The number of hydrogen-bond acceptors (Lipinski definition) is 6. The Bertz CT molecular complexity index is 935. The van der Waals surface area contributed by atoms with Crippen LogP contribution >= 0.6 is 23.1 Å². The highest BCUT2D eigenvalue weighted by Crippen LogP contribution is 2.36. The Morgan fingerprint density at radius 1 is 1.57 bits per heavy atom. The van der Waals surface area contributed by atoms with Crippen molar-refractivity contribution in [2.45, 2.75) is 50.9 Å². The van der Waals surface area contributed by atoms with Gasteiger partial charge in [0.25, 0.3) is 5.56 Å². The van der Waals surface area contributed by atoms with Gasteiger partial charge >= 0.3 is 0 Å². The number of fused-ring (bicyclic) bond motifs is 3. The number of allylic oxidation sites excluding steroid dienone is 1. The highest BCUT2D eigenvalue weighted by atomic mass is 32.2. The first-order valence-corrected chi connectivity index (χ1v) is 11.3. The second-order valence-corrected chi connectivity index (χ2v) is 9.37. The van der Waals surface area contributed by atoms with Crippen LogP contribution in [0, 0.1) is 5.92 Å². The standard InChI is InChI=1S/C20H27N3O3S2/c1-5-8-23-19(25)17-14-7-6-12(2)9-15(14)28-18(17)22-20(23)27-11-16(24)21-13(3)10-26-4/h5,12-13H,1,6-11H2,2-4H3,(H,21,24). The third kappa shape index (κ3) is 4.50. The number of nitrogens with zero attached hydrogens (tertiary/aromatic N) is 2. The van der Waals surface area contributed by atoms with Gasteiger partial charge in [-0.3, -0.25) is 14.2 Å². The van der Waals surface area contributed by atoms with E-state index in [-0.39, 0.29) is 23.3 Å². The molecule has 0 spiro atoms. The zero-order chi connectivity index (χ0) is 20.3. The van der Waals surface area contributed by atoms with Crippen molar-refractivity contribution in [2.75, 3.05) is 19.5 Å². The summed E-state index contributed by atoms with van der Waals surface area (Å²) in [7, 11) is 1.60. The molecule has 2 aromatic rings. The van der Waals surface area contributed by atoms with Crippen LogP contribution in [0.2, 0.25) is 0 Å². The number of nitrogens with one attached hydrogen (secondary N) is 1. The van der Waals surface area contributed by atoms with Gasteiger partial charge < -0.3 is 10.1 Å². The van der Waals surface area contributed by atoms with Crippen LogP contribution < -0.4 is 10.9 Å². The molecule has 1 aliphatic rings. The van der Waals surface area contributed by atoms with Crippen molar-refractivity contribution >= 4 is 39.2 Å². The molecule has 0 bridgehead atoms. The Kier molecular flexibility index (Phi) is 6.95. The summed E-state index contributed by atoms with van der Waals surface area (Å²) in [6, 6.07) is -0.0603. The largest absolute Gasteiger partial charge is 0.383 e. The van der Waals surface area contributed by atoms with Gasteiger partial charge in [-0.25, -0.2) is 4.98 Å². The summed E-state index contributed by atoms with van der Waals surface area (Å²) >= 11 is 2.92. The maximum Gasteiger partial charge on any atom is 0.263 e. The molecule has 1 amide bonds. The van der Waals surface area contributed by atoms with Crippen molar-refractivity contribution in [3.63, 3.8) is 0 Å². The molecule has 6 nitrogen and oxygen atoms in total. The fourth-order valence-electron chi connectivity index (χ4n) is 3.54. The molecule has 0 radical (unpaired) electrons. The van der Waals surface area contributed by atoms with Crippen molar-refractivity contribution in [3.8, 4) is 0 Å². The van der Waals surface area contributed by atoms with E-state index in [4.69, 9.17) is 9.72 Å². The molecular weight excluding hydrogens is 394 g/mol. The van der Waals surface area contributed by atoms with Crippen molar-refractivity contribution in [1.29, 1.82) is 0 Å². The Balaban J connectivity index is 1.89. The molecule has 2 heterocycles. The minimum atomic E-state index is -0.103. The molecule has 2 unspecified atom stereocenters. The SMILES string of the molecule is C=CCn1c(SCC(=O)NC(C)COC)nc2sc3c(c2c1=O)CCC(C)C3. The molecule has 3 rings (SSSR count). The lowest BCUT2D eigenvalue weighted by Crippen LogP contribution is -2.36. The second kappa shape index (κ2) is 9.24. The fraction of sp³-hybridized carbons (Fsp3) is 0.550. The minimum absolute atomic E-state index is 0.0207. The topological polar surface area (TPSA) is 73.2 Å². The molecule has 2 atom stereocenters. The van der Waals surface area contributed by atoms with Gasteiger partial charge in [0.15, 0.2) is 5.16 Å². The zero-order valence-electron chi connectivity index (χ0n) is 16.6. The smallest absolute Gasteiger partial charge is 0.263 e. The number of thiophene rings is 1. The molecule has 0 aromatic carbocycles. The van der Waals surface area contributed by atoms with Crippen LogP contribution in [-0.2, 0) is 28.9 Å². The van der Waals surface area contributed by atoms with Crippen molar-refractivity contribution in [3.05, 3.63) is 33.4 Å². The normalized spacial score (nSPS) is 17.3. The maximum atomic E-state index is 13.2. The quantitative estimate of drug-likeness (QED) is 0.403. The minimum Gasteiger partial charge on any atom is -0.383 e. The number of carbonyl (C=O) groups is 1. The highest BCUT2D eigenvalue weighted by Gasteiger charge is 2.24. The zero-order valence-corrected chi connectivity index (χ0v) is 18.3. The van der Waals surface area contributed by atoms with E-state index in [0.717, 1.165) is 29.5 Å². The second-order valence-electron chi connectivity index (χ2n) is 7.34. The van der Waals surface area contributed by atoms with Crippen LogP contribution in [0.15, 0.2) is 22.6 Å². The van der Waals surface area contributed by atoms with Crippen LogP contribution in [0.4, 0.5) is 0 Å². The van der Waals surface area contributed by atoms with Gasteiger partial charge in [0, 0.05) is 24.6 Å². The first-order valence-electron chi connectivity index (χ1n) is 9.51. The Labute approximate surface area is 173 Å². The summed E-state index contributed by atoms with van der Waals surface area (Å²) in [6.07, 6.45) is 4.75. The van der Waals surface area contributed by atoms with E-state index in [2.05, 4.69) is 18.8 Å². The number of thioether (sulfide) groups is 1. The van der Waals surface area contributed by atoms with Crippen LogP contribution in [0.5, 0.6) is 0 Å². The summed E-state index contributed by atoms with van der Waals surface area (Å²) < 4.78 is 6.68. The van der Waals surface area contributed by atoms with Crippen molar-refractivity contribution < 1.29 is 9.53 Å². The van der Waals surface area contributed by atoms with E-state index in [1.165, 1.54) is 22.2 Å². The number of carbonyl (C=O) groups excluding carboxylic acids is 1. The molecule has 0 saturated heterocycles. The third-order valence-corrected chi connectivity index (χ3v) is 6.97. The van der Waals surface area contributed by atoms with E-state index in [9.17, 15) is 9.59 Å². The summed E-state index contributed by atoms with van der Waals surface area (Å²) in [4.78, 5) is 32.3. The maximum absolute atomic E-state index is 13.2. The van der Waals surface area contributed by atoms with Crippen molar-refractivity contribution in [2.24, 2.45) is 5.92 Å². The summed E-state index contributed by atoms with van der Waals surface area (Å²) in [5, 5.41) is 4.21. The van der Waals surface area contributed by atoms with Crippen LogP contribution in [-0.4, -0.2) is 41.0 Å². The van der Waals surface area contributed by atoms with E-state index >= 15 is 0 Å². The van der Waals surface area contributed by atoms with Gasteiger partial charge in [-0.05, 0) is 37.7 Å². The summed E-state index contributed by atoms with van der Waals surface area (Å²) in [5.41, 5.74) is 1.16. The fourth-order valence-corrected chi connectivity index (χ4v) is 5.79. The predicted molar refractivity (Wildman–Crippen MR) is 115 cm³/mol. The van der Waals surface area contributed by atoms with Crippen molar-refractivity contribution in [1.82, 2.24) is 14.9 Å². The average Bonchev–Trinajstić information content (AvgIpc) is 3.00. The molecule has 1 N–H and O–H groups in total. The highest BCUT2D eigenvalue weighted by molar-refractivity contribution is 7.99. The average molecular weight is 422 g/mol. The van der Waals surface area contributed by atoms with Gasteiger partial charge in [0.2, 0.25) is 5.91 Å². The van der Waals surface area contributed by atoms with E-state index in [0.29, 0.717) is 24.2 Å². The lowest BCUT2D eigenvalue weighted by molar-refractivity contribution is -0.119. The molecule has 0 saturated carbocycles. The van der Waals surface area contributed by atoms with Gasteiger partial charge in [0.1, 0.15) is 4.83 Å². The van der Waals surface area contributed by atoms with Gasteiger partial charge in [0.05, 0.1) is 17.7 Å². The van der Waals surface area contributed by atoms with E-state index in [1.54, 1.807) is 29.1 Å². The number of aromatic nitrogens is 2. The molecule has 0 fully saturated rings. The number of hydrogen-bond donors (Lipinski definition) is 1. The van der Waals surface area contributed by atoms with Crippen LogP contribution in [0.1, 0.15) is 30.7 Å². The molecule has 2 aromatic heterocycles. The van der Waals surface area contributed by atoms with E-state index in [1.807, 2.05) is 6.92 Å². The number of amides is 1. The first kappa shape index (κ1) is 21.1. The Morgan fingerprint density at radius 2 is 2.36 bits per heavy atom. The lowest BCUT2D eigenvalue weighted by atomic mass is 9.89. The number of rotatable bonds is 8. The van der Waals surface area contributed by atoms with E-state index < -0.39 is 0 Å². The lowest BCUT2D eigenvalue weighted by Gasteiger charge is -2.17. The molecule has 152 valence electrons. The van der Waals surface area contributed by atoms with Crippen LogP contribution in [0.3, 0.4) is 0 Å². The Morgan fingerprint density at radius 3 is 3.07 bits per heavy atom. The molecule has 28 heavy (non-hydrogen) atoms. The predicted octanol–water partition coefficient (Wildman–Crippen LogP) is 3.01. The van der Waals surface area contributed by atoms with Gasteiger partial charge in [-0.15, -0.1) is 17.9 Å². The first-order chi connectivity index (χ1) is 13.4. The number of methoxy groups -OCH3 is 1. The Hall–Kier alpha value is -1.64. The summed E-state index contributed by atoms with van der Waals surface area (Å²) in [6.45, 7) is 8.75. The number of aryl methyl sites for hydroxylation is 1. The van der Waals surface area contributed by atoms with Gasteiger partial charge in [-0.2, -0.15) is 0 Å². The summed E-state index contributed by atoms with van der Waals surface area (Å²) in [5.74, 6) is 0.738. The molecule has 8 heteroatoms. The molecular formula is C20H27N3O3S2. The van der Waals surface area contributed by atoms with Crippen LogP contribution in [0.25, 0.3) is 10.2 Å². The molecule has 0 aliphatic heterocycles.